The van der Waals surface area contributed by atoms with Crippen molar-refractivity contribution < 1.29 is 4.74 Å². The number of methoxy groups -OCH3 is 1. The van der Waals surface area contributed by atoms with Crippen LogP contribution in [0.25, 0.3) is 5.69 Å². The molecule has 0 N–H and O–H groups in total. The maximum atomic E-state index is 5.15. The molecule has 5 nitrogen and oxygen atoms in total. The summed E-state index contributed by atoms with van der Waals surface area (Å²) in [4.78, 5) is 0. The Morgan fingerprint density at radius 1 is 1.29 bits per heavy atom. The first-order valence-corrected chi connectivity index (χ1v) is 4.18. The summed E-state index contributed by atoms with van der Waals surface area (Å²) in [6.45, 7) is 2.00. The minimum Gasteiger partial charge on any atom is -0.497 e. The second-order valence-corrected chi connectivity index (χ2v) is 2.96. The van der Waals surface area contributed by atoms with Crippen molar-refractivity contribution in [3.63, 3.8) is 0 Å². The van der Waals surface area contributed by atoms with Crippen molar-refractivity contribution in [2.24, 2.45) is 0 Å². The molecule has 2 aromatic rings. The highest BCUT2D eigenvalue weighted by molar-refractivity contribution is 5.42. The average Bonchev–Trinajstić information content (AvgIpc) is 2.69. The minimum atomic E-state index is 0.801. The SMILES string of the molecule is COc1cc(C)cc(-n2cnnn2)c1. The second kappa shape index (κ2) is 3.45. The molecule has 0 saturated heterocycles. The van der Waals surface area contributed by atoms with Gasteiger partial charge in [-0.2, -0.15) is 0 Å². The summed E-state index contributed by atoms with van der Waals surface area (Å²) < 4.78 is 6.74. The number of tetrazole rings is 1. The third-order valence-electron chi connectivity index (χ3n) is 1.88. The standard InChI is InChI=1S/C9H10N4O/c1-7-3-8(5-9(4-7)14-2)13-6-10-11-12-13/h3-6H,1-2H3. The lowest BCUT2D eigenvalue weighted by Gasteiger charge is -2.05. The van der Waals surface area contributed by atoms with Gasteiger partial charge in [0.05, 0.1) is 12.8 Å². The first-order chi connectivity index (χ1) is 6.79. The molecule has 0 radical (unpaired) electrons. The molecular weight excluding hydrogens is 180 g/mol. The molecule has 0 bridgehead atoms. The Bertz CT molecular complexity index is 424. The van der Waals surface area contributed by atoms with Gasteiger partial charge in [0, 0.05) is 6.07 Å². The molecule has 14 heavy (non-hydrogen) atoms. The summed E-state index contributed by atoms with van der Waals surface area (Å²) in [6.07, 6.45) is 1.55. The third kappa shape index (κ3) is 1.56. The van der Waals surface area contributed by atoms with Crippen LogP contribution in [0.15, 0.2) is 24.5 Å². The summed E-state index contributed by atoms with van der Waals surface area (Å²) in [5, 5.41) is 11.0. The van der Waals surface area contributed by atoms with Crippen LogP contribution in [-0.4, -0.2) is 27.3 Å². The number of nitrogens with zero attached hydrogens (tertiary/aromatic N) is 4. The van der Waals surface area contributed by atoms with Gasteiger partial charge in [0.15, 0.2) is 0 Å². The quantitative estimate of drug-likeness (QED) is 0.708. The molecular formula is C9H10N4O. The van der Waals surface area contributed by atoms with Gasteiger partial charge in [0.1, 0.15) is 12.1 Å². The Kier molecular flexibility index (Phi) is 2.14. The zero-order valence-corrected chi connectivity index (χ0v) is 8.01. The molecule has 0 aliphatic heterocycles. The van der Waals surface area contributed by atoms with E-state index in [2.05, 4.69) is 15.5 Å². The molecule has 0 aliphatic rings. The van der Waals surface area contributed by atoms with Gasteiger partial charge < -0.3 is 4.74 Å². The normalized spacial score (nSPS) is 10.1. The van der Waals surface area contributed by atoms with Gasteiger partial charge in [0.25, 0.3) is 0 Å². The molecule has 5 heteroatoms. The first-order valence-electron chi connectivity index (χ1n) is 4.18. The third-order valence-corrected chi connectivity index (χ3v) is 1.88. The van der Waals surface area contributed by atoms with Gasteiger partial charge in [-0.25, -0.2) is 4.68 Å². The van der Waals surface area contributed by atoms with Crippen molar-refractivity contribution in [3.8, 4) is 11.4 Å². The highest BCUT2D eigenvalue weighted by Gasteiger charge is 2.01. The van der Waals surface area contributed by atoms with Crippen LogP contribution in [0, 0.1) is 6.92 Å². The summed E-state index contributed by atoms with van der Waals surface area (Å²) >= 11 is 0. The molecule has 0 amide bonds. The monoisotopic (exact) mass is 190 g/mol. The maximum Gasteiger partial charge on any atom is 0.143 e. The molecule has 0 saturated carbocycles. The van der Waals surface area contributed by atoms with E-state index in [1.54, 1.807) is 18.1 Å². The predicted molar refractivity (Wildman–Crippen MR) is 50.4 cm³/mol. The van der Waals surface area contributed by atoms with E-state index in [1.807, 2.05) is 25.1 Å². The van der Waals surface area contributed by atoms with E-state index < -0.39 is 0 Å². The zero-order valence-electron chi connectivity index (χ0n) is 8.01. The van der Waals surface area contributed by atoms with Gasteiger partial charge in [-0.05, 0) is 35.0 Å². The smallest absolute Gasteiger partial charge is 0.143 e. The van der Waals surface area contributed by atoms with E-state index in [1.165, 1.54) is 0 Å². The predicted octanol–water partition coefficient (Wildman–Crippen LogP) is 0.979. The van der Waals surface area contributed by atoms with Crippen LogP contribution < -0.4 is 4.74 Å². The summed E-state index contributed by atoms with van der Waals surface area (Å²) in [5.41, 5.74) is 2.00. The molecule has 1 aromatic carbocycles. The van der Waals surface area contributed by atoms with Crippen LogP contribution >= 0.6 is 0 Å². The lowest BCUT2D eigenvalue weighted by Crippen LogP contribution is -1.96. The molecule has 0 unspecified atom stereocenters. The summed E-state index contributed by atoms with van der Waals surface area (Å²) in [5.74, 6) is 0.801. The summed E-state index contributed by atoms with van der Waals surface area (Å²) in [6, 6.07) is 5.82. The van der Waals surface area contributed by atoms with Gasteiger partial charge >= 0.3 is 0 Å². The van der Waals surface area contributed by atoms with Crippen LogP contribution in [0.3, 0.4) is 0 Å². The Morgan fingerprint density at radius 3 is 2.79 bits per heavy atom. The molecule has 2 rings (SSSR count). The van der Waals surface area contributed by atoms with E-state index in [0.29, 0.717) is 0 Å². The Balaban J connectivity index is 2.48. The van der Waals surface area contributed by atoms with Crippen molar-refractivity contribution in [1.82, 2.24) is 20.2 Å². The fraction of sp³-hybridized carbons (Fsp3) is 0.222. The van der Waals surface area contributed by atoms with E-state index in [9.17, 15) is 0 Å². The Morgan fingerprint density at radius 2 is 2.14 bits per heavy atom. The van der Waals surface area contributed by atoms with Gasteiger partial charge in [-0.3, -0.25) is 0 Å². The van der Waals surface area contributed by atoms with Gasteiger partial charge in [0.2, 0.25) is 0 Å². The number of benzene rings is 1. The minimum absolute atomic E-state index is 0.801. The van der Waals surface area contributed by atoms with Crippen LogP contribution in [0.4, 0.5) is 0 Å². The largest absolute Gasteiger partial charge is 0.497 e. The lowest BCUT2D eigenvalue weighted by molar-refractivity contribution is 0.414. The van der Waals surface area contributed by atoms with E-state index in [4.69, 9.17) is 4.74 Å². The molecule has 1 heterocycles. The van der Waals surface area contributed by atoms with E-state index in [0.717, 1.165) is 17.0 Å². The Hall–Kier alpha value is -1.91. The maximum absolute atomic E-state index is 5.15. The highest BCUT2D eigenvalue weighted by Crippen LogP contribution is 2.18. The first kappa shape index (κ1) is 8.68. The van der Waals surface area contributed by atoms with Crippen LogP contribution in [0.5, 0.6) is 5.75 Å². The van der Waals surface area contributed by atoms with Gasteiger partial charge in [-0.1, -0.05) is 0 Å². The van der Waals surface area contributed by atoms with Crippen molar-refractivity contribution >= 4 is 0 Å². The van der Waals surface area contributed by atoms with Crippen LogP contribution in [0.2, 0.25) is 0 Å². The van der Waals surface area contributed by atoms with Gasteiger partial charge in [-0.15, -0.1) is 5.10 Å². The van der Waals surface area contributed by atoms with Crippen LogP contribution in [-0.2, 0) is 0 Å². The molecule has 0 atom stereocenters. The number of hydrogen-bond acceptors (Lipinski definition) is 4. The summed E-state index contributed by atoms with van der Waals surface area (Å²) in [7, 11) is 1.64. The van der Waals surface area contributed by atoms with Crippen molar-refractivity contribution in [2.45, 2.75) is 6.92 Å². The second-order valence-electron chi connectivity index (χ2n) is 2.96. The van der Waals surface area contributed by atoms with Crippen molar-refractivity contribution in [1.29, 1.82) is 0 Å². The van der Waals surface area contributed by atoms with E-state index in [-0.39, 0.29) is 0 Å². The highest BCUT2D eigenvalue weighted by atomic mass is 16.5. The van der Waals surface area contributed by atoms with Crippen molar-refractivity contribution in [3.05, 3.63) is 30.1 Å². The Labute approximate surface area is 81.3 Å². The average molecular weight is 190 g/mol. The number of hydrogen-bond donors (Lipinski definition) is 0. The lowest BCUT2D eigenvalue weighted by atomic mass is 10.2. The molecule has 0 fully saturated rings. The molecule has 0 aliphatic carbocycles. The van der Waals surface area contributed by atoms with Crippen LogP contribution in [0.1, 0.15) is 5.56 Å². The van der Waals surface area contributed by atoms with Crippen molar-refractivity contribution in [2.75, 3.05) is 7.11 Å². The number of rotatable bonds is 2. The number of aromatic nitrogens is 4. The molecule has 1 aromatic heterocycles. The number of aryl methyl sites for hydroxylation is 1. The molecule has 72 valence electrons. The van der Waals surface area contributed by atoms with E-state index >= 15 is 0 Å². The fourth-order valence-corrected chi connectivity index (χ4v) is 1.26. The molecule has 0 spiro atoms. The topological polar surface area (TPSA) is 52.8 Å². The number of ether oxygens (including phenoxy) is 1. The fourth-order valence-electron chi connectivity index (χ4n) is 1.26. The zero-order chi connectivity index (χ0) is 9.97.